The third-order valence-electron chi connectivity index (χ3n) is 9.40. The number of hydrogen-bond donors (Lipinski definition) is 0. The molecule has 0 radical (unpaired) electrons. The Morgan fingerprint density at radius 2 is 1.10 bits per heavy atom. The van der Waals surface area contributed by atoms with E-state index in [1.165, 1.54) is 5.39 Å². The molecule has 4 nitrogen and oxygen atoms in total. The lowest BCUT2D eigenvalue weighted by atomic mass is 9.99. The van der Waals surface area contributed by atoms with Gasteiger partial charge in [0.1, 0.15) is 11.2 Å². The van der Waals surface area contributed by atoms with Crippen LogP contribution in [0, 0.1) is 0 Å². The molecule has 0 aliphatic heterocycles. The van der Waals surface area contributed by atoms with Gasteiger partial charge < -0.3 is 8.98 Å². The van der Waals surface area contributed by atoms with Gasteiger partial charge in [0, 0.05) is 43.9 Å². The second-order valence-corrected chi connectivity index (χ2v) is 12.2. The summed E-state index contributed by atoms with van der Waals surface area (Å²) in [6.07, 6.45) is 0. The molecule has 48 heavy (non-hydrogen) atoms. The maximum absolute atomic E-state index is 6.94. The van der Waals surface area contributed by atoms with Gasteiger partial charge >= 0.3 is 0 Å². The van der Waals surface area contributed by atoms with Gasteiger partial charge in [0.05, 0.1) is 27.6 Å². The van der Waals surface area contributed by atoms with Gasteiger partial charge in [0.15, 0.2) is 5.82 Å². The first kappa shape index (κ1) is 26.7. The lowest BCUT2D eigenvalue weighted by molar-refractivity contribution is 0.674. The van der Waals surface area contributed by atoms with Crippen LogP contribution < -0.4 is 0 Å². The molecular weight excluding hydrogens is 587 g/mol. The standard InChI is InChI=1S/C44H27N3O/c1-3-13-28(14-4-1)41-35-19-7-9-23-37(35)45-44(46-41)30-16-11-15-29(27-30)32-21-12-22-33-34-25-26-39-40(43(34)48-42(32)33)36-20-8-10-24-38(36)47(39)31-17-5-2-6-18-31/h1-27H. The first-order chi connectivity index (χ1) is 23.8. The minimum absolute atomic E-state index is 0.696. The molecule has 0 aliphatic carbocycles. The quantitative estimate of drug-likeness (QED) is 0.198. The van der Waals surface area contributed by atoms with Crippen molar-refractivity contribution >= 4 is 54.6 Å². The summed E-state index contributed by atoms with van der Waals surface area (Å²) in [5.41, 5.74) is 11.2. The molecule has 10 aromatic rings. The van der Waals surface area contributed by atoms with Crippen LogP contribution in [0.3, 0.4) is 0 Å². The second kappa shape index (κ2) is 10.5. The SMILES string of the molecule is c1ccc(-c2nc(-c3cccc(-c4cccc5c4oc4c5ccc5c4c4ccccc4n5-c4ccccc4)c3)nc3ccccc23)cc1. The molecule has 4 heteroatoms. The summed E-state index contributed by atoms with van der Waals surface area (Å²) in [7, 11) is 0. The van der Waals surface area contributed by atoms with Gasteiger partial charge in [-0.1, -0.05) is 121 Å². The van der Waals surface area contributed by atoms with Crippen LogP contribution in [0.25, 0.3) is 94.1 Å². The van der Waals surface area contributed by atoms with E-state index in [4.69, 9.17) is 14.4 Å². The molecule has 0 saturated carbocycles. The average Bonchev–Trinajstić information content (AvgIpc) is 3.71. The largest absolute Gasteiger partial charge is 0.455 e. The molecule has 0 aliphatic rings. The molecule has 0 bridgehead atoms. The van der Waals surface area contributed by atoms with Crippen molar-refractivity contribution in [3.63, 3.8) is 0 Å². The van der Waals surface area contributed by atoms with Crippen LogP contribution in [0.2, 0.25) is 0 Å². The highest BCUT2D eigenvalue weighted by Gasteiger charge is 2.20. The number of nitrogens with zero attached hydrogens (tertiary/aromatic N) is 3. The van der Waals surface area contributed by atoms with E-state index >= 15 is 0 Å². The highest BCUT2D eigenvalue weighted by molar-refractivity contribution is 6.24. The van der Waals surface area contributed by atoms with Crippen molar-refractivity contribution in [2.75, 3.05) is 0 Å². The molecule has 0 atom stereocenters. The van der Waals surface area contributed by atoms with Crippen LogP contribution in [0.4, 0.5) is 0 Å². The van der Waals surface area contributed by atoms with E-state index in [-0.39, 0.29) is 0 Å². The number of benzene rings is 7. The van der Waals surface area contributed by atoms with Crippen molar-refractivity contribution in [1.29, 1.82) is 0 Å². The van der Waals surface area contributed by atoms with Crippen molar-refractivity contribution in [3.8, 4) is 39.5 Å². The molecule has 0 fully saturated rings. The van der Waals surface area contributed by atoms with E-state index in [0.29, 0.717) is 5.82 Å². The van der Waals surface area contributed by atoms with Gasteiger partial charge in [0.25, 0.3) is 0 Å². The average molecular weight is 614 g/mol. The number of furan rings is 1. The van der Waals surface area contributed by atoms with Crippen LogP contribution in [0.15, 0.2) is 168 Å². The van der Waals surface area contributed by atoms with Crippen molar-refractivity contribution in [1.82, 2.24) is 14.5 Å². The maximum Gasteiger partial charge on any atom is 0.160 e. The fourth-order valence-corrected chi connectivity index (χ4v) is 7.24. The fraction of sp³-hybridized carbons (Fsp3) is 0. The number of aromatic nitrogens is 3. The highest BCUT2D eigenvalue weighted by atomic mass is 16.3. The van der Waals surface area contributed by atoms with Gasteiger partial charge in [-0.15, -0.1) is 0 Å². The Morgan fingerprint density at radius 3 is 1.98 bits per heavy atom. The van der Waals surface area contributed by atoms with E-state index in [9.17, 15) is 0 Å². The van der Waals surface area contributed by atoms with Crippen LogP contribution in [-0.2, 0) is 0 Å². The minimum atomic E-state index is 0.696. The molecule has 3 aromatic heterocycles. The Kier molecular flexibility index (Phi) is 5.84. The molecule has 7 aromatic carbocycles. The van der Waals surface area contributed by atoms with Crippen LogP contribution in [0.5, 0.6) is 0 Å². The van der Waals surface area contributed by atoms with E-state index in [0.717, 1.165) is 82.9 Å². The predicted octanol–water partition coefficient (Wildman–Crippen LogP) is 11.6. The Morgan fingerprint density at radius 1 is 0.438 bits per heavy atom. The Hall–Kier alpha value is -6.52. The number of fused-ring (bicyclic) bond motifs is 8. The predicted molar refractivity (Wildman–Crippen MR) is 197 cm³/mol. The van der Waals surface area contributed by atoms with Crippen LogP contribution in [0.1, 0.15) is 0 Å². The Balaban J connectivity index is 1.18. The summed E-state index contributed by atoms with van der Waals surface area (Å²) in [6, 6.07) is 57.0. The first-order valence-electron chi connectivity index (χ1n) is 16.2. The van der Waals surface area contributed by atoms with E-state index in [1.54, 1.807) is 0 Å². The number of rotatable bonds is 4. The number of hydrogen-bond acceptors (Lipinski definition) is 3. The third kappa shape index (κ3) is 4.03. The number of para-hydroxylation sites is 4. The second-order valence-electron chi connectivity index (χ2n) is 12.2. The van der Waals surface area contributed by atoms with Crippen LogP contribution >= 0.6 is 0 Å². The van der Waals surface area contributed by atoms with Crippen molar-refractivity contribution in [3.05, 3.63) is 164 Å². The van der Waals surface area contributed by atoms with Crippen molar-refractivity contribution < 1.29 is 4.42 Å². The summed E-state index contributed by atoms with van der Waals surface area (Å²) in [5.74, 6) is 0.696. The van der Waals surface area contributed by atoms with Gasteiger partial charge in [-0.3, -0.25) is 0 Å². The zero-order valence-electron chi connectivity index (χ0n) is 25.8. The molecular formula is C44H27N3O. The molecule has 0 saturated heterocycles. The highest BCUT2D eigenvalue weighted by Crippen LogP contribution is 2.43. The summed E-state index contributed by atoms with van der Waals surface area (Å²) in [5, 5.41) is 5.54. The first-order valence-corrected chi connectivity index (χ1v) is 16.2. The summed E-state index contributed by atoms with van der Waals surface area (Å²) >= 11 is 0. The summed E-state index contributed by atoms with van der Waals surface area (Å²) < 4.78 is 9.27. The molecule has 10 rings (SSSR count). The van der Waals surface area contributed by atoms with Gasteiger partial charge in [0.2, 0.25) is 0 Å². The van der Waals surface area contributed by atoms with Crippen molar-refractivity contribution in [2.24, 2.45) is 0 Å². The van der Waals surface area contributed by atoms with Gasteiger partial charge in [-0.2, -0.15) is 0 Å². The molecule has 3 heterocycles. The molecule has 0 spiro atoms. The Bertz CT molecular complexity index is 2830. The minimum Gasteiger partial charge on any atom is -0.455 e. The monoisotopic (exact) mass is 613 g/mol. The van der Waals surface area contributed by atoms with E-state index in [2.05, 4.69) is 138 Å². The molecule has 0 amide bonds. The van der Waals surface area contributed by atoms with Gasteiger partial charge in [-0.25, -0.2) is 9.97 Å². The third-order valence-corrected chi connectivity index (χ3v) is 9.40. The summed E-state index contributed by atoms with van der Waals surface area (Å²) in [6.45, 7) is 0. The zero-order valence-corrected chi connectivity index (χ0v) is 25.8. The smallest absolute Gasteiger partial charge is 0.160 e. The van der Waals surface area contributed by atoms with Crippen molar-refractivity contribution in [2.45, 2.75) is 0 Å². The fourth-order valence-electron chi connectivity index (χ4n) is 7.24. The summed E-state index contributed by atoms with van der Waals surface area (Å²) in [4.78, 5) is 10.1. The van der Waals surface area contributed by atoms with Crippen LogP contribution in [-0.4, -0.2) is 14.5 Å². The normalized spacial score (nSPS) is 11.8. The molecule has 224 valence electrons. The molecule has 0 unspecified atom stereocenters. The van der Waals surface area contributed by atoms with E-state index < -0.39 is 0 Å². The Labute approximate surface area is 276 Å². The topological polar surface area (TPSA) is 43.9 Å². The zero-order chi connectivity index (χ0) is 31.6. The lowest BCUT2D eigenvalue weighted by Crippen LogP contribution is -1.95. The molecule has 0 N–H and O–H groups in total. The maximum atomic E-state index is 6.94. The lowest BCUT2D eigenvalue weighted by Gasteiger charge is -2.10. The van der Waals surface area contributed by atoms with Gasteiger partial charge in [-0.05, 0) is 48.0 Å². The van der Waals surface area contributed by atoms with E-state index in [1.807, 2.05) is 30.3 Å².